The zero-order chi connectivity index (χ0) is 9.45. The van der Waals surface area contributed by atoms with Crippen molar-refractivity contribution >= 4 is 11.6 Å². The smallest absolute Gasteiger partial charge is 0.154 e. The summed E-state index contributed by atoms with van der Waals surface area (Å²) in [7, 11) is 4.37. The fourth-order valence-electron chi connectivity index (χ4n) is 1.20. The average molecular weight is 228 g/mol. The molecule has 0 rings (SSSR count). The van der Waals surface area contributed by atoms with E-state index in [4.69, 9.17) is 11.6 Å². The van der Waals surface area contributed by atoms with E-state index in [0.717, 1.165) is 10.5 Å². The average Bonchev–Trinajstić information content (AvgIpc) is 2.04. The lowest BCUT2D eigenvalue weighted by molar-refractivity contribution is -0.879. The van der Waals surface area contributed by atoms with Crippen molar-refractivity contribution in [2.75, 3.05) is 26.6 Å². The third-order valence-electron chi connectivity index (χ3n) is 2.19. The summed E-state index contributed by atoms with van der Waals surface area (Å²) in [6.07, 6.45) is 6.78. The fraction of sp³-hybridized carbons (Fsp3) is 1.00. The summed E-state index contributed by atoms with van der Waals surface area (Å²) >= 11 is 5.81. The normalized spacial score (nSPS) is 11.1. The maximum Gasteiger partial charge on any atom is 0.154 e. The van der Waals surface area contributed by atoms with Gasteiger partial charge in [0.2, 0.25) is 0 Å². The quantitative estimate of drug-likeness (QED) is 0.253. The number of quaternary nitrogens is 1. The lowest BCUT2D eigenvalue weighted by Crippen LogP contribution is -3.00. The second-order valence-electron chi connectivity index (χ2n) is 4.19. The molecular formula is C10H23Cl2N. The summed E-state index contributed by atoms with van der Waals surface area (Å²) in [5, 5.41) is 0. The fourth-order valence-corrected chi connectivity index (χ4v) is 1.32. The molecule has 0 unspecified atom stereocenters. The molecule has 1 nitrogen and oxygen atoms in total. The molecule has 0 saturated heterocycles. The number of nitrogens with zero attached hydrogens (tertiary/aromatic N) is 1. The van der Waals surface area contributed by atoms with Crippen molar-refractivity contribution in [3.8, 4) is 0 Å². The Balaban J connectivity index is 0. The van der Waals surface area contributed by atoms with E-state index >= 15 is 0 Å². The van der Waals surface area contributed by atoms with Gasteiger partial charge in [0.25, 0.3) is 0 Å². The maximum atomic E-state index is 5.81. The number of hydrogen-bond donors (Lipinski definition) is 0. The molecule has 0 aliphatic heterocycles. The maximum absolute atomic E-state index is 5.81. The van der Waals surface area contributed by atoms with E-state index < -0.39 is 0 Å². The molecule has 0 saturated carbocycles. The van der Waals surface area contributed by atoms with Gasteiger partial charge in [0.15, 0.2) is 6.00 Å². The first-order valence-corrected chi connectivity index (χ1v) is 5.54. The molecule has 0 aliphatic rings. The molecule has 0 aliphatic carbocycles. The minimum absolute atomic E-state index is 0. The lowest BCUT2D eigenvalue weighted by Gasteiger charge is -2.26. The molecule has 0 aromatic rings. The molecule has 0 amide bonds. The number of rotatable bonds is 7. The van der Waals surface area contributed by atoms with Crippen LogP contribution < -0.4 is 12.4 Å². The molecule has 0 heterocycles. The number of unbranched alkanes of at least 4 members (excludes halogenated alkanes) is 4. The van der Waals surface area contributed by atoms with Gasteiger partial charge in [-0.1, -0.05) is 37.8 Å². The number of halogens is 2. The largest absolute Gasteiger partial charge is 1.00 e. The molecule has 0 aromatic carbocycles. The molecule has 3 heteroatoms. The molecular weight excluding hydrogens is 205 g/mol. The highest BCUT2D eigenvalue weighted by atomic mass is 35.5. The van der Waals surface area contributed by atoms with E-state index in [9.17, 15) is 0 Å². The van der Waals surface area contributed by atoms with Crippen molar-refractivity contribution in [3.05, 3.63) is 0 Å². The molecule has 0 spiro atoms. The van der Waals surface area contributed by atoms with Gasteiger partial charge in [-0.2, -0.15) is 0 Å². The highest BCUT2D eigenvalue weighted by Crippen LogP contribution is 2.07. The molecule has 0 fully saturated rings. The predicted octanol–water partition coefficient (Wildman–Crippen LogP) is 0.234. The standard InChI is InChI=1S/C10H23ClN.ClH/c1-4-5-6-7-8-9-12(2,3)10-11;/h4-10H2,1-3H3;1H/q+1;/p-1. The summed E-state index contributed by atoms with van der Waals surface area (Å²) < 4.78 is 0.952. The van der Waals surface area contributed by atoms with Gasteiger partial charge >= 0.3 is 0 Å². The number of alkyl halides is 1. The summed E-state index contributed by atoms with van der Waals surface area (Å²) in [4.78, 5) is 0. The molecule has 82 valence electrons. The summed E-state index contributed by atoms with van der Waals surface area (Å²) in [6, 6.07) is 0.730. The Hall–Kier alpha value is 0.540. The zero-order valence-electron chi connectivity index (χ0n) is 9.15. The van der Waals surface area contributed by atoms with Crippen LogP contribution in [0.25, 0.3) is 0 Å². The summed E-state index contributed by atoms with van der Waals surface area (Å²) in [6.45, 7) is 3.46. The topological polar surface area (TPSA) is 0 Å². The third-order valence-corrected chi connectivity index (χ3v) is 2.84. The van der Waals surface area contributed by atoms with E-state index in [1.807, 2.05) is 0 Å². The van der Waals surface area contributed by atoms with Crippen LogP contribution in [0.3, 0.4) is 0 Å². The Bertz CT molecular complexity index is 105. The van der Waals surface area contributed by atoms with Crippen LogP contribution in [0, 0.1) is 0 Å². The van der Waals surface area contributed by atoms with Crippen LogP contribution in [-0.4, -0.2) is 31.1 Å². The first-order chi connectivity index (χ1) is 5.62. The third kappa shape index (κ3) is 10.5. The Morgan fingerprint density at radius 2 is 1.54 bits per heavy atom. The molecule has 0 atom stereocenters. The Morgan fingerprint density at radius 1 is 1.00 bits per heavy atom. The van der Waals surface area contributed by atoms with Gasteiger partial charge in [-0.3, -0.25) is 0 Å². The minimum Gasteiger partial charge on any atom is -1.00 e. The predicted molar refractivity (Wildman–Crippen MR) is 56.5 cm³/mol. The van der Waals surface area contributed by atoms with Gasteiger partial charge in [-0.05, 0) is 12.8 Å². The monoisotopic (exact) mass is 227 g/mol. The van der Waals surface area contributed by atoms with Crippen LogP contribution >= 0.6 is 11.6 Å². The van der Waals surface area contributed by atoms with Gasteiger partial charge in [-0.25, -0.2) is 0 Å². The van der Waals surface area contributed by atoms with Crippen molar-refractivity contribution in [3.63, 3.8) is 0 Å². The van der Waals surface area contributed by atoms with Crippen LogP contribution in [0.15, 0.2) is 0 Å². The molecule has 13 heavy (non-hydrogen) atoms. The Kier molecular flexibility index (Phi) is 11.2. The van der Waals surface area contributed by atoms with E-state index in [0.29, 0.717) is 0 Å². The minimum atomic E-state index is 0. The van der Waals surface area contributed by atoms with Gasteiger partial charge in [0.05, 0.1) is 20.6 Å². The van der Waals surface area contributed by atoms with Gasteiger partial charge in [-0.15, -0.1) is 0 Å². The van der Waals surface area contributed by atoms with E-state index in [-0.39, 0.29) is 12.4 Å². The van der Waals surface area contributed by atoms with Gasteiger partial charge < -0.3 is 16.9 Å². The number of hydrogen-bond acceptors (Lipinski definition) is 0. The van der Waals surface area contributed by atoms with Gasteiger partial charge in [0, 0.05) is 0 Å². The SMILES string of the molecule is CCCCCCC[N+](C)(C)CCl.[Cl-]. The Labute approximate surface area is 94.4 Å². The van der Waals surface area contributed by atoms with Crippen LogP contribution in [0.1, 0.15) is 39.0 Å². The second-order valence-corrected chi connectivity index (χ2v) is 4.43. The molecule has 0 N–H and O–H groups in total. The van der Waals surface area contributed by atoms with Crippen LogP contribution in [0.4, 0.5) is 0 Å². The van der Waals surface area contributed by atoms with Crippen molar-refractivity contribution < 1.29 is 16.9 Å². The van der Waals surface area contributed by atoms with Crippen LogP contribution in [0.5, 0.6) is 0 Å². The van der Waals surface area contributed by atoms with Crippen molar-refractivity contribution in [1.82, 2.24) is 0 Å². The molecule has 0 bridgehead atoms. The highest BCUT2D eigenvalue weighted by molar-refractivity contribution is 6.16. The first-order valence-electron chi connectivity index (χ1n) is 5.00. The van der Waals surface area contributed by atoms with Crippen molar-refractivity contribution in [2.24, 2.45) is 0 Å². The molecule has 0 aromatic heterocycles. The first kappa shape index (κ1) is 16.0. The molecule has 0 radical (unpaired) electrons. The van der Waals surface area contributed by atoms with E-state index in [1.165, 1.54) is 38.6 Å². The van der Waals surface area contributed by atoms with Gasteiger partial charge in [0.1, 0.15) is 0 Å². The van der Waals surface area contributed by atoms with E-state index in [1.54, 1.807) is 0 Å². The highest BCUT2D eigenvalue weighted by Gasteiger charge is 2.11. The van der Waals surface area contributed by atoms with Crippen molar-refractivity contribution in [2.45, 2.75) is 39.0 Å². The van der Waals surface area contributed by atoms with E-state index in [2.05, 4.69) is 21.0 Å². The van der Waals surface area contributed by atoms with Crippen LogP contribution in [0.2, 0.25) is 0 Å². The summed E-state index contributed by atoms with van der Waals surface area (Å²) in [5.74, 6) is 0. The zero-order valence-corrected chi connectivity index (χ0v) is 10.7. The van der Waals surface area contributed by atoms with Crippen LogP contribution in [-0.2, 0) is 0 Å². The summed E-state index contributed by atoms with van der Waals surface area (Å²) in [5.41, 5.74) is 0. The van der Waals surface area contributed by atoms with Crippen molar-refractivity contribution in [1.29, 1.82) is 0 Å². The second kappa shape index (κ2) is 9.11. The Morgan fingerprint density at radius 3 is 2.00 bits per heavy atom. The lowest BCUT2D eigenvalue weighted by atomic mass is 10.1.